The van der Waals surface area contributed by atoms with Crippen molar-refractivity contribution < 1.29 is 4.74 Å². The van der Waals surface area contributed by atoms with Crippen LogP contribution < -0.4 is 5.32 Å². The van der Waals surface area contributed by atoms with Crippen LogP contribution >= 0.6 is 0 Å². The smallest absolute Gasteiger partial charge is 0.0505 e. The van der Waals surface area contributed by atoms with Gasteiger partial charge in [-0.25, -0.2) is 0 Å². The van der Waals surface area contributed by atoms with E-state index in [1.54, 1.807) is 7.11 Å². The molecule has 2 atom stereocenters. The normalized spacial score (nSPS) is 16.0. The number of hydrogen-bond donors (Lipinski definition) is 1. The Labute approximate surface area is 76.7 Å². The molecular weight excluding hydrogens is 150 g/mol. The average Bonchev–Trinajstić information content (AvgIpc) is 2.11. The number of rotatable bonds is 7. The highest BCUT2D eigenvalue weighted by Crippen LogP contribution is 2.11. The summed E-state index contributed by atoms with van der Waals surface area (Å²) in [5.41, 5.74) is 0. The lowest BCUT2D eigenvalue weighted by atomic mass is 9.96. The largest absolute Gasteiger partial charge is 0.384 e. The molecule has 0 bridgehead atoms. The zero-order valence-corrected chi connectivity index (χ0v) is 8.89. The molecule has 0 aliphatic heterocycles. The lowest BCUT2D eigenvalue weighted by molar-refractivity contribution is 0.127. The molecular formula is C10H23NO. The minimum Gasteiger partial charge on any atom is -0.384 e. The van der Waals surface area contributed by atoms with Crippen molar-refractivity contribution in [3.63, 3.8) is 0 Å². The number of ether oxygens (including phenoxy) is 1. The maximum atomic E-state index is 5.18. The first-order chi connectivity index (χ1) is 5.79. The number of nitrogens with one attached hydrogen (secondary N) is 1. The number of hydrogen-bond acceptors (Lipinski definition) is 2. The summed E-state index contributed by atoms with van der Waals surface area (Å²) in [7, 11) is 1.78. The standard InChI is InChI=1S/C10H23NO/c1-5-9(8-12-4)10(6-2)11-7-3/h9-11H,5-8H2,1-4H3. The second-order valence-electron chi connectivity index (χ2n) is 3.20. The van der Waals surface area contributed by atoms with Crippen molar-refractivity contribution in [3.8, 4) is 0 Å². The third-order valence-electron chi connectivity index (χ3n) is 2.38. The van der Waals surface area contributed by atoms with Gasteiger partial charge in [-0.2, -0.15) is 0 Å². The molecule has 0 aliphatic rings. The molecule has 1 N–H and O–H groups in total. The van der Waals surface area contributed by atoms with Crippen LogP contribution in [-0.4, -0.2) is 26.3 Å². The molecule has 0 amide bonds. The van der Waals surface area contributed by atoms with E-state index in [1.807, 2.05) is 0 Å². The van der Waals surface area contributed by atoms with Crippen LogP contribution in [0, 0.1) is 5.92 Å². The van der Waals surface area contributed by atoms with Gasteiger partial charge < -0.3 is 10.1 Å². The minimum atomic E-state index is 0.625. The van der Waals surface area contributed by atoms with Gasteiger partial charge in [-0.15, -0.1) is 0 Å². The Morgan fingerprint density at radius 3 is 2.17 bits per heavy atom. The Bertz CT molecular complexity index is 83.8. The van der Waals surface area contributed by atoms with Crippen molar-refractivity contribution in [1.29, 1.82) is 0 Å². The van der Waals surface area contributed by atoms with Crippen molar-refractivity contribution in [2.75, 3.05) is 20.3 Å². The Morgan fingerprint density at radius 1 is 1.17 bits per heavy atom. The summed E-state index contributed by atoms with van der Waals surface area (Å²) < 4.78 is 5.18. The molecule has 0 aromatic rings. The Morgan fingerprint density at radius 2 is 1.83 bits per heavy atom. The molecule has 2 nitrogen and oxygen atoms in total. The predicted octanol–water partition coefficient (Wildman–Crippen LogP) is 2.05. The monoisotopic (exact) mass is 173 g/mol. The van der Waals surface area contributed by atoms with E-state index in [9.17, 15) is 0 Å². The third-order valence-corrected chi connectivity index (χ3v) is 2.38. The van der Waals surface area contributed by atoms with E-state index in [2.05, 4.69) is 26.1 Å². The van der Waals surface area contributed by atoms with E-state index in [0.717, 1.165) is 13.2 Å². The summed E-state index contributed by atoms with van der Waals surface area (Å²) in [5, 5.41) is 3.49. The fourth-order valence-electron chi connectivity index (χ4n) is 1.64. The van der Waals surface area contributed by atoms with Gasteiger partial charge >= 0.3 is 0 Å². The van der Waals surface area contributed by atoms with Crippen LogP contribution in [-0.2, 0) is 4.74 Å². The zero-order valence-electron chi connectivity index (χ0n) is 8.89. The lowest BCUT2D eigenvalue weighted by Gasteiger charge is -2.25. The van der Waals surface area contributed by atoms with E-state index in [4.69, 9.17) is 4.74 Å². The first-order valence-corrected chi connectivity index (χ1v) is 5.02. The molecule has 2 heteroatoms. The van der Waals surface area contributed by atoms with Crippen LogP contribution in [0.5, 0.6) is 0 Å². The summed E-state index contributed by atoms with van der Waals surface area (Å²) in [6.45, 7) is 8.54. The van der Waals surface area contributed by atoms with Crippen LogP contribution in [0.15, 0.2) is 0 Å². The van der Waals surface area contributed by atoms with Crippen LogP contribution in [0.2, 0.25) is 0 Å². The van der Waals surface area contributed by atoms with E-state index < -0.39 is 0 Å². The van der Waals surface area contributed by atoms with Crippen molar-refractivity contribution in [3.05, 3.63) is 0 Å². The SMILES string of the molecule is CCNC(CC)C(CC)COC. The number of methoxy groups -OCH3 is 1. The average molecular weight is 173 g/mol. The van der Waals surface area contributed by atoms with Gasteiger partial charge in [0.05, 0.1) is 6.61 Å². The van der Waals surface area contributed by atoms with Crippen molar-refractivity contribution in [2.45, 2.75) is 39.7 Å². The third kappa shape index (κ3) is 4.07. The second-order valence-corrected chi connectivity index (χ2v) is 3.20. The van der Waals surface area contributed by atoms with Gasteiger partial charge in [-0.05, 0) is 25.3 Å². The van der Waals surface area contributed by atoms with E-state index in [0.29, 0.717) is 12.0 Å². The van der Waals surface area contributed by atoms with Gasteiger partial charge in [0, 0.05) is 13.2 Å². The molecule has 0 heterocycles. The topological polar surface area (TPSA) is 21.3 Å². The Balaban J connectivity index is 3.84. The maximum absolute atomic E-state index is 5.18. The van der Waals surface area contributed by atoms with Gasteiger partial charge in [0.1, 0.15) is 0 Å². The minimum absolute atomic E-state index is 0.625. The molecule has 0 rings (SSSR count). The molecule has 2 unspecified atom stereocenters. The molecule has 0 aliphatic carbocycles. The van der Waals surface area contributed by atoms with Crippen LogP contribution in [0.1, 0.15) is 33.6 Å². The van der Waals surface area contributed by atoms with Gasteiger partial charge in [-0.1, -0.05) is 20.8 Å². The highest BCUT2D eigenvalue weighted by atomic mass is 16.5. The quantitative estimate of drug-likeness (QED) is 0.636. The molecule has 0 aromatic carbocycles. The summed E-state index contributed by atoms with van der Waals surface area (Å²) in [6.07, 6.45) is 2.38. The molecule has 0 spiro atoms. The van der Waals surface area contributed by atoms with E-state index in [-0.39, 0.29) is 0 Å². The molecule has 12 heavy (non-hydrogen) atoms. The highest BCUT2D eigenvalue weighted by molar-refractivity contribution is 4.73. The second kappa shape index (κ2) is 7.56. The van der Waals surface area contributed by atoms with E-state index >= 15 is 0 Å². The Hall–Kier alpha value is -0.0800. The molecule has 0 radical (unpaired) electrons. The van der Waals surface area contributed by atoms with Crippen molar-refractivity contribution in [2.24, 2.45) is 5.92 Å². The molecule has 0 aromatic heterocycles. The zero-order chi connectivity index (χ0) is 9.40. The molecule has 0 saturated heterocycles. The maximum Gasteiger partial charge on any atom is 0.0505 e. The van der Waals surface area contributed by atoms with E-state index in [1.165, 1.54) is 12.8 Å². The van der Waals surface area contributed by atoms with Crippen LogP contribution in [0.3, 0.4) is 0 Å². The molecule has 0 saturated carbocycles. The Kier molecular flexibility index (Phi) is 7.51. The van der Waals surface area contributed by atoms with Gasteiger partial charge in [0.15, 0.2) is 0 Å². The lowest BCUT2D eigenvalue weighted by Crippen LogP contribution is -2.37. The molecule has 0 fully saturated rings. The van der Waals surface area contributed by atoms with Crippen molar-refractivity contribution in [1.82, 2.24) is 5.32 Å². The summed E-state index contributed by atoms with van der Waals surface area (Å²) in [6, 6.07) is 0.625. The first kappa shape index (κ1) is 11.9. The van der Waals surface area contributed by atoms with Gasteiger partial charge in [0.2, 0.25) is 0 Å². The van der Waals surface area contributed by atoms with Gasteiger partial charge in [-0.3, -0.25) is 0 Å². The first-order valence-electron chi connectivity index (χ1n) is 5.02. The predicted molar refractivity (Wildman–Crippen MR) is 53.4 cm³/mol. The summed E-state index contributed by atoms with van der Waals surface area (Å²) >= 11 is 0. The summed E-state index contributed by atoms with van der Waals surface area (Å²) in [4.78, 5) is 0. The summed E-state index contributed by atoms with van der Waals surface area (Å²) in [5.74, 6) is 0.667. The van der Waals surface area contributed by atoms with Crippen molar-refractivity contribution >= 4 is 0 Å². The van der Waals surface area contributed by atoms with Crippen LogP contribution in [0.4, 0.5) is 0 Å². The van der Waals surface area contributed by atoms with Crippen LogP contribution in [0.25, 0.3) is 0 Å². The van der Waals surface area contributed by atoms with Gasteiger partial charge in [0.25, 0.3) is 0 Å². The fourth-order valence-corrected chi connectivity index (χ4v) is 1.64. The highest BCUT2D eigenvalue weighted by Gasteiger charge is 2.16. The molecule has 74 valence electrons. The fraction of sp³-hybridized carbons (Fsp3) is 1.00.